The molecule has 0 bridgehead atoms. The van der Waals surface area contributed by atoms with Crippen molar-refractivity contribution in [2.24, 2.45) is 5.73 Å². The van der Waals surface area contributed by atoms with Gasteiger partial charge in [-0.25, -0.2) is 0 Å². The van der Waals surface area contributed by atoms with Crippen molar-refractivity contribution in [2.45, 2.75) is 38.8 Å². The highest BCUT2D eigenvalue weighted by Gasteiger charge is 2.41. The van der Waals surface area contributed by atoms with Crippen molar-refractivity contribution in [1.82, 2.24) is 0 Å². The Balaban J connectivity index is 2.44. The summed E-state index contributed by atoms with van der Waals surface area (Å²) in [5.41, 5.74) is 5.80. The molecule has 1 aliphatic rings. The highest BCUT2D eigenvalue weighted by atomic mass is 35.5. The number of carbonyl (C=O) groups excluding carboxylic acids is 1. The zero-order valence-electron chi connectivity index (χ0n) is 11.4. The van der Waals surface area contributed by atoms with Gasteiger partial charge in [-0.3, -0.25) is 4.79 Å². The van der Waals surface area contributed by atoms with Gasteiger partial charge >= 0.3 is 0 Å². The number of fused-ring (bicyclic) bond motifs is 1. The number of benzene rings is 1. The van der Waals surface area contributed by atoms with Gasteiger partial charge in [-0.1, -0.05) is 18.5 Å². The van der Waals surface area contributed by atoms with Gasteiger partial charge in [0.1, 0.15) is 5.75 Å². The summed E-state index contributed by atoms with van der Waals surface area (Å²) in [6, 6.07) is 5.22. The molecule has 2 N–H and O–H groups in total. The molecule has 0 saturated heterocycles. The topological polar surface area (TPSA) is 55.6 Å². The van der Waals surface area contributed by atoms with Crippen LogP contribution in [0.25, 0.3) is 0 Å². The number of hydrogen-bond acceptors (Lipinski definition) is 3. The lowest BCUT2D eigenvalue weighted by Crippen LogP contribution is -2.55. The Bertz CT molecular complexity index is 502. The molecule has 2 rings (SSSR count). The smallest absolute Gasteiger partial charge is 0.270 e. The first-order chi connectivity index (χ1) is 8.85. The van der Waals surface area contributed by atoms with Crippen LogP contribution in [0, 0.1) is 0 Å². The quantitative estimate of drug-likeness (QED) is 0.927. The SMILES string of the molecule is CCC(N)CN1C(=O)C(C)(C)Oc2ccc(Cl)cc21. The van der Waals surface area contributed by atoms with E-state index in [-0.39, 0.29) is 11.9 Å². The Morgan fingerprint density at radius 3 is 2.79 bits per heavy atom. The second-order valence-electron chi connectivity index (χ2n) is 5.31. The van der Waals surface area contributed by atoms with Gasteiger partial charge in [-0.15, -0.1) is 0 Å². The van der Waals surface area contributed by atoms with Crippen LogP contribution in [0.2, 0.25) is 5.02 Å². The highest BCUT2D eigenvalue weighted by molar-refractivity contribution is 6.31. The molecule has 104 valence electrons. The third kappa shape index (κ3) is 2.69. The number of ether oxygens (including phenoxy) is 1. The van der Waals surface area contributed by atoms with Gasteiger partial charge in [-0.2, -0.15) is 0 Å². The van der Waals surface area contributed by atoms with E-state index in [0.29, 0.717) is 23.0 Å². The molecular formula is C14H19ClN2O2. The Labute approximate surface area is 118 Å². The molecule has 0 saturated carbocycles. The Morgan fingerprint density at radius 1 is 1.47 bits per heavy atom. The maximum atomic E-state index is 12.5. The molecule has 1 aliphatic heterocycles. The van der Waals surface area contributed by atoms with Gasteiger partial charge < -0.3 is 15.4 Å². The van der Waals surface area contributed by atoms with E-state index in [4.69, 9.17) is 22.1 Å². The van der Waals surface area contributed by atoms with E-state index in [9.17, 15) is 4.79 Å². The lowest BCUT2D eigenvalue weighted by Gasteiger charge is -2.39. The van der Waals surface area contributed by atoms with Gasteiger partial charge in [0, 0.05) is 17.6 Å². The van der Waals surface area contributed by atoms with Crippen LogP contribution < -0.4 is 15.4 Å². The molecular weight excluding hydrogens is 264 g/mol. The van der Waals surface area contributed by atoms with Crippen LogP contribution in [0.15, 0.2) is 18.2 Å². The largest absolute Gasteiger partial charge is 0.476 e. The first kappa shape index (κ1) is 14.2. The molecule has 0 aromatic heterocycles. The molecule has 0 spiro atoms. The molecule has 0 fully saturated rings. The number of anilines is 1. The van der Waals surface area contributed by atoms with Crippen LogP contribution in [-0.2, 0) is 4.79 Å². The van der Waals surface area contributed by atoms with Crippen molar-refractivity contribution in [3.05, 3.63) is 23.2 Å². The summed E-state index contributed by atoms with van der Waals surface area (Å²) in [4.78, 5) is 14.2. The van der Waals surface area contributed by atoms with E-state index in [1.165, 1.54) is 0 Å². The Kier molecular flexibility index (Phi) is 3.74. The molecule has 4 nitrogen and oxygen atoms in total. The van der Waals surface area contributed by atoms with E-state index < -0.39 is 5.60 Å². The average Bonchev–Trinajstić information content (AvgIpc) is 2.35. The van der Waals surface area contributed by atoms with E-state index in [0.717, 1.165) is 6.42 Å². The zero-order valence-corrected chi connectivity index (χ0v) is 12.2. The molecule has 1 unspecified atom stereocenters. The minimum Gasteiger partial charge on any atom is -0.476 e. The third-order valence-corrected chi connectivity index (χ3v) is 3.51. The first-order valence-corrected chi connectivity index (χ1v) is 6.79. The van der Waals surface area contributed by atoms with Gasteiger partial charge in [-0.05, 0) is 38.5 Å². The van der Waals surface area contributed by atoms with Gasteiger partial charge in [0.25, 0.3) is 5.91 Å². The molecule has 0 aliphatic carbocycles. The number of halogens is 1. The zero-order chi connectivity index (χ0) is 14.2. The molecule has 19 heavy (non-hydrogen) atoms. The number of amides is 1. The number of carbonyl (C=O) groups is 1. The maximum absolute atomic E-state index is 12.5. The lowest BCUT2D eigenvalue weighted by atomic mass is 10.0. The summed E-state index contributed by atoms with van der Waals surface area (Å²) in [6.07, 6.45) is 0.807. The monoisotopic (exact) mass is 282 g/mol. The third-order valence-electron chi connectivity index (χ3n) is 3.28. The summed E-state index contributed by atoms with van der Waals surface area (Å²) < 4.78 is 5.74. The second-order valence-corrected chi connectivity index (χ2v) is 5.74. The van der Waals surface area contributed by atoms with Gasteiger partial charge in [0.2, 0.25) is 0 Å². The standard InChI is InChI=1S/C14H19ClN2O2/c1-4-10(16)8-17-11-7-9(15)5-6-12(11)19-14(2,3)13(17)18/h5-7,10H,4,8,16H2,1-3H3. The van der Waals surface area contributed by atoms with Crippen molar-refractivity contribution in [3.63, 3.8) is 0 Å². The Morgan fingerprint density at radius 2 is 2.16 bits per heavy atom. The van der Waals surface area contributed by atoms with Crippen LogP contribution in [0.1, 0.15) is 27.2 Å². The summed E-state index contributed by atoms with van der Waals surface area (Å²) in [5.74, 6) is 0.573. The van der Waals surface area contributed by atoms with Crippen LogP contribution >= 0.6 is 11.6 Å². The van der Waals surface area contributed by atoms with E-state index in [1.807, 2.05) is 6.92 Å². The lowest BCUT2D eigenvalue weighted by molar-refractivity contribution is -0.132. The highest BCUT2D eigenvalue weighted by Crippen LogP contribution is 2.39. The van der Waals surface area contributed by atoms with Crippen molar-refractivity contribution in [3.8, 4) is 5.75 Å². The fraction of sp³-hybridized carbons (Fsp3) is 0.500. The van der Waals surface area contributed by atoms with Crippen LogP contribution in [0.3, 0.4) is 0 Å². The maximum Gasteiger partial charge on any atom is 0.270 e. The fourth-order valence-electron chi connectivity index (χ4n) is 2.09. The van der Waals surface area contributed by atoms with Crippen LogP contribution in [0.4, 0.5) is 5.69 Å². The fourth-order valence-corrected chi connectivity index (χ4v) is 2.25. The number of hydrogen-bond donors (Lipinski definition) is 1. The number of nitrogens with two attached hydrogens (primary N) is 1. The molecule has 1 atom stereocenters. The molecule has 5 heteroatoms. The normalized spacial score (nSPS) is 18.8. The predicted octanol–water partition coefficient (Wildman–Crippen LogP) is 2.58. The van der Waals surface area contributed by atoms with Crippen molar-refractivity contribution >= 4 is 23.2 Å². The van der Waals surface area contributed by atoms with Crippen molar-refractivity contribution < 1.29 is 9.53 Å². The summed E-state index contributed by atoms with van der Waals surface area (Å²) in [7, 11) is 0. The Hall–Kier alpha value is -1.26. The molecule has 1 aromatic carbocycles. The summed E-state index contributed by atoms with van der Waals surface area (Å²) in [6.45, 7) is 5.99. The van der Waals surface area contributed by atoms with E-state index in [1.54, 1.807) is 36.9 Å². The first-order valence-electron chi connectivity index (χ1n) is 6.41. The minimum atomic E-state index is -0.881. The number of rotatable bonds is 3. The van der Waals surface area contributed by atoms with Crippen molar-refractivity contribution in [2.75, 3.05) is 11.4 Å². The van der Waals surface area contributed by atoms with Crippen LogP contribution in [0.5, 0.6) is 5.75 Å². The molecule has 1 amide bonds. The molecule has 0 radical (unpaired) electrons. The van der Waals surface area contributed by atoms with E-state index in [2.05, 4.69) is 0 Å². The van der Waals surface area contributed by atoms with E-state index >= 15 is 0 Å². The van der Waals surface area contributed by atoms with Crippen LogP contribution in [-0.4, -0.2) is 24.1 Å². The predicted molar refractivity (Wildman–Crippen MR) is 76.8 cm³/mol. The van der Waals surface area contributed by atoms with Gasteiger partial charge in [0.05, 0.1) is 5.69 Å². The summed E-state index contributed by atoms with van der Waals surface area (Å²) >= 11 is 6.01. The number of nitrogens with zero attached hydrogens (tertiary/aromatic N) is 1. The second kappa shape index (κ2) is 5.02. The van der Waals surface area contributed by atoms with Crippen molar-refractivity contribution in [1.29, 1.82) is 0 Å². The molecule has 1 aromatic rings. The van der Waals surface area contributed by atoms with Gasteiger partial charge in [0.15, 0.2) is 5.60 Å². The molecule has 1 heterocycles. The minimum absolute atomic E-state index is 0.0651. The summed E-state index contributed by atoms with van der Waals surface area (Å²) in [5, 5.41) is 0.574. The average molecular weight is 283 g/mol.